The smallest absolute Gasteiger partial charge is 0.319 e. The Hall–Kier alpha value is -1.95. The van der Waals surface area contributed by atoms with Crippen LogP contribution in [-0.2, 0) is 0 Å². The summed E-state index contributed by atoms with van der Waals surface area (Å²) in [4.78, 5) is 15.1. The van der Waals surface area contributed by atoms with Crippen LogP contribution < -0.4 is 20.1 Å². The lowest BCUT2D eigenvalue weighted by Crippen LogP contribution is -2.58. The summed E-state index contributed by atoms with van der Waals surface area (Å²) in [5.41, 5.74) is 0.868. The van der Waals surface area contributed by atoms with E-state index >= 15 is 0 Å². The molecule has 6 heteroatoms. The average molecular weight is 359 g/mol. The zero-order chi connectivity index (χ0) is 17.8. The Morgan fingerprint density at radius 3 is 2.54 bits per heavy atom. The number of ether oxygens (including phenoxy) is 2. The van der Waals surface area contributed by atoms with Gasteiger partial charge in [-0.2, -0.15) is 0 Å². The lowest BCUT2D eigenvalue weighted by atomic mass is 9.79. The SMILES string of the molecule is O=C(NCC1(N2CCCCC2)CCCCC1)Nc1ccc2c(c1)OCO2. The number of rotatable bonds is 4. The molecule has 3 aliphatic rings. The Labute approximate surface area is 155 Å². The summed E-state index contributed by atoms with van der Waals surface area (Å²) >= 11 is 0. The fourth-order valence-corrected chi connectivity index (χ4v) is 4.58. The molecule has 0 spiro atoms. The van der Waals surface area contributed by atoms with Crippen molar-refractivity contribution in [2.45, 2.75) is 56.9 Å². The lowest BCUT2D eigenvalue weighted by Gasteiger charge is -2.48. The van der Waals surface area contributed by atoms with Crippen LogP contribution in [0.25, 0.3) is 0 Å². The third-order valence-corrected chi connectivity index (χ3v) is 6.02. The van der Waals surface area contributed by atoms with Crippen LogP contribution >= 0.6 is 0 Å². The van der Waals surface area contributed by atoms with E-state index in [1.54, 1.807) is 0 Å². The minimum atomic E-state index is -0.147. The highest BCUT2D eigenvalue weighted by Crippen LogP contribution is 2.36. The highest BCUT2D eigenvalue weighted by molar-refractivity contribution is 5.89. The van der Waals surface area contributed by atoms with Crippen LogP contribution in [0.2, 0.25) is 0 Å². The van der Waals surface area contributed by atoms with E-state index in [0.717, 1.165) is 18.0 Å². The van der Waals surface area contributed by atoms with E-state index in [9.17, 15) is 4.79 Å². The van der Waals surface area contributed by atoms with Gasteiger partial charge in [-0.1, -0.05) is 25.7 Å². The molecule has 0 bridgehead atoms. The van der Waals surface area contributed by atoms with Gasteiger partial charge in [0.25, 0.3) is 0 Å². The first-order valence-electron chi connectivity index (χ1n) is 9.95. The fourth-order valence-electron chi connectivity index (χ4n) is 4.58. The van der Waals surface area contributed by atoms with Crippen LogP contribution in [0.1, 0.15) is 51.4 Å². The van der Waals surface area contributed by atoms with Crippen LogP contribution in [0.5, 0.6) is 11.5 Å². The molecule has 1 saturated heterocycles. The number of carbonyl (C=O) groups is 1. The van der Waals surface area contributed by atoms with Crippen molar-refractivity contribution in [2.75, 3.05) is 31.7 Å². The molecule has 2 aliphatic heterocycles. The van der Waals surface area contributed by atoms with Gasteiger partial charge in [-0.15, -0.1) is 0 Å². The Kier molecular flexibility index (Phi) is 5.20. The second-order valence-electron chi connectivity index (χ2n) is 7.71. The molecule has 0 radical (unpaired) electrons. The van der Waals surface area contributed by atoms with Crippen molar-refractivity contribution in [1.29, 1.82) is 0 Å². The predicted molar refractivity (Wildman–Crippen MR) is 101 cm³/mol. The van der Waals surface area contributed by atoms with E-state index in [0.29, 0.717) is 5.75 Å². The van der Waals surface area contributed by atoms with Crippen molar-refractivity contribution in [3.63, 3.8) is 0 Å². The molecule has 2 amide bonds. The van der Waals surface area contributed by atoms with Gasteiger partial charge in [0, 0.05) is 23.8 Å². The van der Waals surface area contributed by atoms with Crippen molar-refractivity contribution in [2.24, 2.45) is 0 Å². The van der Waals surface area contributed by atoms with Crippen molar-refractivity contribution in [1.82, 2.24) is 10.2 Å². The largest absolute Gasteiger partial charge is 0.454 e. The highest BCUT2D eigenvalue weighted by atomic mass is 16.7. The molecule has 0 unspecified atom stereocenters. The number of hydrogen-bond acceptors (Lipinski definition) is 4. The minimum absolute atomic E-state index is 0.144. The van der Waals surface area contributed by atoms with Gasteiger partial charge in [-0.25, -0.2) is 4.79 Å². The van der Waals surface area contributed by atoms with Crippen molar-refractivity contribution in [3.8, 4) is 11.5 Å². The number of carbonyl (C=O) groups excluding carboxylic acids is 1. The number of nitrogens with zero attached hydrogens (tertiary/aromatic N) is 1. The van der Waals surface area contributed by atoms with Crippen molar-refractivity contribution >= 4 is 11.7 Å². The fraction of sp³-hybridized carbons (Fsp3) is 0.650. The summed E-state index contributed by atoms with van der Waals surface area (Å²) in [5, 5.41) is 6.07. The third kappa shape index (κ3) is 3.75. The zero-order valence-corrected chi connectivity index (χ0v) is 15.4. The second-order valence-corrected chi connectivity index (χ2v) is 7.71. The summed E-state index contributed by atoms with van der Waals surface area (Å²) in [6, 6.07) is 5.33. The van der Waals surface area contributed by atoms with Crippen LogP contribution in [0.15, 0.2) is 18.2 Å². The number of piperidine rings is 1. The third-order valence-electron chi connectivity index (χ3n) is 6.02. The number of anilines is 1. The first-order chi connectivity index (χ1) is 12.8. The molecule has 1 aromatic carbocycles. The summed E-state index contributed by atoms with van der Waals surface area (Å²) in [7, 11) is 0. The predicted octanol–water partition coefficient (Wildman–Crippen LogP) is 3.73. The van der Waals surface area contributed by atoms with Crippen LogP contribution in [0, 0.1) is 0 Å². The molecular formula is C20H29N3O3. The summed E-state index contributed by atoms with van der Waals surface area (Å²) in [5.74, 6) is 1.40. The molecule has 0 atom stereocenters. The van der Waals surface area contributed by atoms with Gasteiger partial charge in [-0.3, -0.25) is 4.90 Å². The molecule has 2 N–H and O–H groups in total. The molecule has 2 fully saturated rings. The minimum Gasteiger partial charge on any atom is -0.454 e. The van der Waals surface area contributed by atoms with E-state index < -0.39 is 0 Å². The molecule has 26 heavy (non-hydrogen) atoms. The van der Waals surface area contributed by atoms with E-state index in [2.05, 4.69) is 15.5 Å². The van der Waals surface area contributed by atoms with Crippen molar-refractivity contribution < 1.29 is 14.3 Å². The summed E-state index contributed by atoms with van der Waals surface area (Å²) in [6.07, 6.45) is 10.1. The molecular weight excluding hydrogens is 330 g/mol. The highest BCUT2D eigenvalue weighted by Gasteiger charge is 2.38. The zero-order valence-electron chi connectivity index (χ0n) is 15.4. The maximum Gasteiger partial charge on any atom is 0.319 e. The number of nitrogens with one attached hydrogen (secondary N) is 2. The van der Waals surface area contributed by atoms with Crippen LogP contribution in [0.3, 0.4) is 0 Å². The molecule has 1 saturated carbocycles. The van der Waals surface area contributed by atoms with Crippen LogP contribution in [0.4, 0.5) is 10.5 Å². The van der Waals surface area contributed by atoms with Crippen LogP contribution in [-0.4, -0.2) is 42.9 Å². The van der Waals surface area contributed by atoms with E-state index in [1.807, 2.05) is 18.2 Å². The Morgan fingerprint density at radius 2 is 1.73 bits per heavy atom. The first kappa shape index (κ1) is 17.5. The Balaban J connectivity index is 1.36. The summed E-state index contributed by atoms with van der Waals surface area (Å²) < 4.78 is 10.7. The van der Waals surface area contributed by atoms with Gasteiger partial charge in [0.2, 0.25) is 6.79 Å². The van der Waals surface area contributed by atoms with Gasteiger partial charge in [0.1, 0.15) is 0 Å². The lowest BCUT2D eigenvalue weighted by molar-refractivity contribution is 0.0358. The molecule has 1 aliphatic carbocycles. The van der Waals surface area contributed by atoms with Gasteiger partial charge >= 0.3 is 6.03 Å². The van der Waals surface area contributed by atoms with E-state index in [1.165, 1.54) is 64.5 Å². The quantitative estimate of drug-likeness (QED) is 0.860. The van der Waals surface area contributed by atoms with Gasteiger partial charge in [-0.05, 0) is 50.9 Å². The monoisotopic (exact) mass is 359 g/mol. The average Bonchev–Trinajstić information content (AvgIpc) is 3.16. The maximum absolute atomic E-state index is 12.5. The number of hydrogen-bond donors (Lipinski definition) is 2. The molecule has 142 valence electrons. The topological polar surface area (TPSA) is 62.8 Å². The van der Waals surface area contributed by atoms with E-state index in [-0.39, 0.29) is 18.4 Å². The number of benzene rings is 1. The molecule has 4 rings (SSSR count). The normalized spacial score (nSPS) is 22.0. The maximum atomic E-state index is 12.5. The Bertz CT molecular complexity index is 637. The number of amides is 2. The van der Waals surface area contributed by atoms with E-state index in [4.69, 9.17) is 9.47 Å². The Morgan fingerprint density at radius 1 is 1.00 bits per heavy atom. The standard InChI is InChI=1S/C20H29N3O3/c24-19(22-16-7-8-17-18(13-16)26-15-25-17)21-14-20(9-3-1-4-10-20)23-11-5-2-6-12-23/h7-8,13H,1-6,9-12,14-15H2,(H2,21,22,24). The number of fused-ring (bicyclic) bond motifs is 1. The second kappa shape index (κ2) is 7.74. The van der Waals surface area contributed by atoms with Gasteiger partial charge in [0.15, 0.2) is 11.5 Å². The summed E-state index contributed by atoms with van der Waals surface area (Å²) in [6.45, 7) is 3.31. The number of urea groups is 1. The number of likely N-dealkylation sites (tertiary alicyclic amines) is 1. The first-order valence-corrected chi connectivity index (χ1v) is 9.95. The molecule has 0 aromatic heterocycles. The van der Waals surface area contributed by atoms with Gasteiger partial charge in [0.05, 0.1) is 0 Å². The molecule has 1 aromatic rings. The van der Waals surface area contributed by atoms with Crippen molar-refractivity contribution in [3.05, 3.63) is 18.2 Å². The molecule has 6 nitrogen and oxygen atoms in total. The van der Waals surface area contributed by atoms with Gasteiger partial charge < -0.3 is 20.1 Å². The molecule has 2 heterocycles.